The zero-order valence-corrected chi connectivity index (χ0v) is 12.1. The number of Topliss-reactive ketones (excluding diaryl/α,β-unsaturated/α-hetero) is 1. The summed E-state index contributed by atoms with van der Waals surface area (Å²) in [6.07, 6.45) is 0.748. The predicted molar refractivity (Wildman–Crippen MR) is 80.6 cm³/mol. The van der Waals surface area contributed by atoms with Crippen molar-refractivity contribution in [1.82, 2.24) is 0 Å². The normalized spacial score (nSPS) is 10.3. The van der Waals surface area contributed by atoms with Crippen LogP contribution >= 0.6 is 11.8 Å². The lowest BCUT2D eigenvalue weighted by molar-refractivity contribution is -0.384. The second-order valence-electron chi connectivity index (χ2n) is 4.16. The van der Waals surface area contributed by atoms with Gasteiger partial charge in [-0.2, -0.15) is 11.8 Å². The van der Waals surface area contributed by atoms with Gasteiger partial charge in [0.25, 0.3) is 5.69 Å². The first-order chi connectivity index (χ1) is 9.56. The Balaban J connectivity index is 2.60. The summed E-state index contributed by atoms with van der Waals surface area (Å²) in [6, 6.07) is 4.44. The first kappa shape index (κ1) is 16.5. The molecule has 6 nitrogen and oxygen atoms in total. The number of ketones is 1. The highest BCUT2D eigenvalue weighted by Gasteiger charge is 2.15. The van der Waals surface area contributed by atoms with Gasteiger partial charge in [0.05, 0.1) is 4.92 Å². The summed E-state index contributed by atoms with van der Waals surface area (Å²) >= 11 is 1.67. The van der Waals surface area contributed by atoms with Crippen molar-refractivity contribution in [3.05, 3.63) is 33.9 Å². The predicted octanol–water partition coefficient (Wildman–Crippen LogP) is 2.32. The van der Waals surface area contributed by atoms with E-state index < -0.39 is 4.92 Å². The number of nitro benzene ring substituents is 1. The summed E-state index contributed by atoms with van der Waals surface area (Å²) in [7, 11) is 0. The molecule has 0 radical (unpaired) electrons. The first-order valence-electron chi connectivity index (χ1n) is 6.28. The van der Waals surface area contributed by atoms with Crippen LogP contribution in [0.15, 0.2) is 18.2 Å². The summed E-state index contributed by atoms with van der Waals surface area (Å²) in [5.74, 6) is 1.47. The number of nitro groups is 1. The van der Waals surface area contributed by atoms with Crippen LogP contribution in [0.3, 0.4) is 0 Å². The highest BCUT2D eigenvalue weighted by atomic mass is 32.2. The van der Waals surface area contributed by atoms with E-state index in [1.54, 1.807) is 23.9 Å². The molecule has 0 unspecified atom stereocenters. The summed E-state index contributed by atoms with van der Waals surface area (Å²) in [5, 5.41) is 22.6. The van der Waals surface area contributed by atoms with Crippen LogP contribution in [-0.4, -0.2) is 40.5 Å². The first-order valence-corrected chi connectivity index (χ1v) is 7.43. The molecule has 0 atom stereocenters. The molecule has 1 aromatic rings. The smallest absolute Gasteiger partial charge is 0.293 e. The Morgan fingerprint density at radius 2 is 2.20 bits per heavy atom. The number of thioether (sulfide) groups is 1. The number of carbonyl (C=O) groups excluding carboxylic acids is 1. The maximum atomic E-state index is 11.2. The van der Waals surface area contributed by atoms with Gasteiger partial charge in [-0.05, 0) is 31.2 Å². The minimum Gasteiger partial charge on any atom is -0.396 e. The molecular formula is C13H18N2O4S. The van der Waals surface area contributed by atoms with Crippen LogP contribution in [0, 0.1) is 10.1 Å². The van der Waals surface area contributed by atoms with Crippen LogP contribution in [0.5, 0.6) is 0 Å². The average molecular weight is 298 g/mol. The monoisotopic (exact) mass is 298 g/mol. The zero-order valence-electron chi connectivity index (χ0n) is 11.3. The Morgan fingerprint density at radius 1 is 1.45 bits per heavy atom. The number of nitrogens with one attached hydrogen (secondary N) is 1. The third-order valence-electron chi connectivity index (χ3n) is 2.61. The lowest BCUT2D eigenvalue weighted by atomic mass is 10.1. The fraction of sp³-hybridized carbons (Fsp3) is 0.462. The average Bonchev–Trinajstić information content (AvgIpc) is 2.42. The van der Waals surface area contributed by atoms with E-state index in [1.807, 2.05) is 0 Å². The number of rotatable bonds is 9. The van der Waals surface area contributed by atoms with Crippen molar-refractivity contribution in [3.8, 4) is 0 Å². The van der Waals surface area contributed by atoms with E-state index in [4.69, 9.17) is 5.11 Å². The third-order valence-corrected chi connectivity index (χ3v) is 3.68. The molecule has 0 aromatic heterocycles. The number of carbonyl (C=O) groups is 1. The van der Waals surface area contributed by atoms with E-state index in [-0.39, 0.29) is 18.1 Å². The lowest BCUT2D eigenvalue weighted by Crippen LogP contribution is -2.07. The summed E-state index contributed by atoms with van der Waals surface area (Å²) in [5.41, 5.74) is 0.667. The Kier molecular flexibility index (Phi) is 7.03. The second-order valence-corrected chi connectivity index (χ2v) is 5.39. The van der Waals surface area contributed by atoms with Gasteiger partial charge in [0.15, 0.2) is 5.78 Å². The number of hydrogen-bond donors (Lipinski definition) is 2. The van der Waals surface area contributed by atoms with Crippen LogP contribution < -0.4 is 5.32 Å². The Hall–Kier alpha value is -1.60. The molecule has 0 aliphatic carbocycles. The topological polar surface area (TPSA) is 92.5 Å². The number of aliphatic hydroxyl groups is 1. The minimum absolute atomic E-state index is 0.0851. The number of hydrogen-bond acceptors (Lipinski definition) is 6. The van der Waals surface area contributed by atoms with Gasteiger partial charge >= 0.3 is 0 Å². The maximum absolute atomic E-state index is 11.2. The van der Waals surface area contributed by atoms with Crippen molar-refractivity contribution < 1.29 is 14.8 Å². The maximum Gasteiger partial charge on any atom is 0.293 e. The van der Waals surface area contributed by atoms with Crippen molar-refractivity contribution >= 4 is 28.9 Å². The summed E-state index contributed by atoms with van der Waals surface area (Å²) in [4.78, 5) is 21.7. The van der Waals surface area contributed by atoms with Gasteiger partial charge in [-0.3, -0.25) is 14.9 Å². The van der Waals surface area contributed by atoms with Crippen LogP contribution in [0.1, 0.15) is 23.7 Å². The second kappa shape index (κ2) is 8.55. The molecular weight excluding hydrogens is 280 g/mol. The molecule has 0 amide bonds. The van der Waals surface area contributed by atoms with E-state index >= 15 is 0 Å². The molecule has 0 bridgehead atoms. The quantitative estimate of drug-likeness (QED) is 0.314. The van der Waals surface area contributed by atoms with Crippen molar-refractivity contribution in [2.24, 2.45) is 0 Å². The molecule has 1 rings (SSSR count). The fourth-order valence-electron chi connectivity index (χ4n) is 1.58. The highest BCUT2D eigenvalue weighted by Crippen LogP contribution is 2.25. The van der Waals surface area contributed by atoms with Gasteiger partial charge in [0, 0.05) is 30.5 Å². The van der Waals surface area contributed by atoms with Gasteiger partial charge < -0.3 is 10.4 Å². The number of nitrogens with zero attached hydrogens (tertiary/aromatic N) is 1. The molecule has 7 heteroatoms. The SMILES string of the molecule is CC(=O)c1ccc(NCCSCCCO)c([N+](=O)[O-])c1. The van der Waals surface area contributed by atoms with E-state index in [1.165, 1.54) is 13.0 Å². The minimum atomic E-state index is -0.492. The van der Waals surface area contributed by atoms with E-state index in [2.05, 4.69) is 5.32 Å². The molecule has 0 fully saturated rings. The molecule has 2 N–H and O–H groups in total. The third kappa shape index (κ3) is 5.18. The van der Waals surface area contributed by atoms with E-state index in [0.29, 0.717) is 17.8 Å². The molecule has 0 aliphatic heterocycles. The summed E-state index contributed by atoms with van der Waals surface area (Å²) < 4.78 is 0. The summed E-state index contributed by atoms with van der Waals surface area (Å²) in [6.45, 7) is 2.15. The molecule has 0 saturated heterocycles. The number of benzene rings is 1. The van der Waals surface area contributed by atoms with Crippen LogP contribution in [0.4, 0.5) is 11.4 Å². The lowest BCUT2D eigenvalue weighted by Gasteiger charge is -2.07. The number of aliphatic hydroxyl groups excluding tert-OH is 1. The number of anilines is 1. The molecule has 0 aliphatic rings. The van der Waals surface area contributed by atoms with Gasteiger partial charge in [0.1, 0.15) is 5.69 Å². The van der Waals surface area contributed by atoms with Gasteiger partial charge in [-0.15, -0.1) is 0 Å². The van der Waals surface area contributed by atoms with Gasteiger partial charge in [0.2, 0.25) is 0 Å². The van der Waals surface area contributed by atoms with Gasteiger partial charge in [-0.1, -0.05) is 0 Å². The molecule has 0 heterocycles. The van der Waals surface area contributed by atoms with Gasteiger partial charge in [-0.25, -0.2) is 0 Å². The molecule has 0 saturated carbocycles. The van der Waals surface area contributed by atoms with Crippen LogP contribution in [-0.2, 0) is 0 Å². The van der Waals surface area contributed by atoms with Crippen molar-refractivity contribution in [3.63, 3.8) is 0 Å². The van der Waals surface area contributed by atoms with Crippen LogP contribution in [0.25, 0.3) is 0 Å². The highest BCUT2D eigenvalue weighted by molar-refractivity contribution is 7.99. The van der Waals surface area contributed by atoms with Crippen molar-refractivity contribution in [2.75, 3.05) is 30.0 Å². The largest absolute Gasteiger partial charge is 0.396 e. The standard InChI is InChI=1S/C13H18N2O4S/c1-10(17)11-3-4-12(13(9-11)15(18)19)14-5-8-20-7-2-6-16/h3-4,9,14,16H,2,5-8H2,1H3. The molecule has 0 spiro atoms. The molecule has 20 heavy (non-hydrogen) atoms. The Morgan fingerprint density at radius 3 is 2.80 bits per heavy atom. The van der Waals surface area contributed by atoms with E-state index in [9.17, 15) is 14.9 Å². The Labute approximate surface area is 121 Å². The fourth-order valence-corrected chi connectivity index (χ4v) is 2.36. The van der Waals surface area contributed by atoms with E-state index in [0.717, 1.165) is 17.9 Å². The van der Waals surface area contributed by atoms with Crippen molar-refractivity contribution in [1.29, 1.82) is 0 Å². The molecule has 110 valence electrons. The Bertz CT molecular complexity index is 479. The molecule has 1 aromatic carbocycles. The van der Waals surface area contributed by atoms with Crippen molar-refractivity contribution in [2.45, 2.75) is 13.3 Å². The van der Waals surface area contributed by atoms with Crippen LogP contribution in [0.2, 0.25) is 0 Å². The zero-order chi connectivity index (χ0) is 15.0.